The fraction of sp³-hybridized carbons (Fsp3) is 0.500. The van der Waals surface area contributed by atoms with Crippen molar-refractivity contribution in [2.45, 2.75) is 39.0 Å². The van der Waals surface area contributed by atoms with Crippen LogP contribution < -0.4 is 10.1 Å². The molecule has 2 N–H and O–H groups in total. The highest BCUT2D eigenvalue weighted by molar-refractivity contribution is 5.45. The van der Waals surface area contributed by atoms with Crippen LogP contribution in [0, 0.1) is 11.3 Å². The van der Waals surface area contributed by atoms with Crippen LogP contribution in [0.4, 0.5) is 0 Å². The molecule has 98 valence electrons. The summed E-state index contributed by atoms with van der Waals surface area (Å²) in [5.41, 5.74) is 1.14. The van der Waals surface area contributed by atoms with Crippen LogP contribution >= 0.6 is 0 Å². The molecule has 0 amide bonds. The van der Waals surface area contributed by atoms with E-state index in [4.69, 9.17) is 10.00 Å². The molecule has 0 spiro atoms. The predicted molar refractivity (Wildman–Crippen MR) is 70.3 cm³/mol. The molecule has 0 saturated carbocycles. The minimum atomic E-state index is -0.453. The Morgan fingerprint density at radius 2 is 2.17 bits per heavy atom. The third-order valence-electron chi connectivity index (χ3n) is 3.18. The Hall–Kier alpha value is -1.57. The van der Waals surface area contributed by atoms with Crippen LogP contribution in [-0.2, 0) is 6.54 Å². The minimum absolute atomic E-state index is 0.368. The molecule has 0 fully saturated rings. The second-order valence-corrected chi connectivity index (χ2v) is 4.90. The number of nitrogens with one attached hydrogen (secondary N) is 1. The number of nitriles is 1. The largest absolute Gasteiger partial charge is 0.495 e. The van der Waals surface area contributed by atoms with E-state index in [1.54, 1.807) is 26.2 Å². The molecule has 4 heteroatoms. The summed E-state index contributed by atoms with van der Waals surface area (Å²) in [6.45, 7) is 6.22. The fourth-order valence-corrected chi connectivity index (χ4v) is 1.43. The third kappa shape index (κ3) is 3.46. The molecule has 1 unspecified atom stereocenters. The summed E-state index contributed by atoms with van der Waals surface area (Å²) in [4.78, 5) is 0. The molecule has 0 aromatic heterocycles. The summed E-state index contributed by atoms with van der Waals surface area (Å²) in [6, 6.07) is 7.59. The standard InChI is InChI=1S/C14H20N2O2/c1-10(17)14(2,3)16-9-11-5-6-13(18-4)12(7-11)8-15/h5-7,10,16-17H,9H2,1-4H3. The van der Waals surface area contributed by atoms with E-state index in [-0.39, 0.29) is 5.54 Å². The Labute approximate surface area is 108 Å². The van der Waals surface area contributed by atoms with Gasteiger partial charge in [-0.1, -0.05) is 6.07 Å². The Morgan fingerprint density at radius 3 is 2.67 bits per heavy atom. The van der Waals surface area contributed by atoms with Gasteiger partial charge in [-0.25, -0.2) is 0 Å². The average Bonchev–Trinajstić information content (AvgIpc) is 2.35. The first kappa shape index (κ1) is 14.5. The molecule has 1 aromatic carbocycles. The first-order chi connectivity index (χ1) is 8.40. The molecule has 1 aromatic rings. The Bertz CT molecular complexity index is 448. The summed E-state index contributed by atoms with van der Waals surface area (Å²) >= 11 is 0. The van der Waals surface area contributed by atoms with Crippen molar-refractivity contribution < 1.29 is 9.84 Å². The zero-order valence-corrected chi connectivity index (χ0v) is 11.3. The molecule has 0 aliphatic heterocycles. The monoisotopic (exact) mass is 248 g/mol. The van der Waals surface area contributed by atoms with Crippen LogP contribution in [-0.4, -0.2) is 23.9 Å². The highest BCUT2D eigenvalue weighted by Crippen LogP contribution is 2.19. The van der Waals surface area contributed by atoms with Crippen LogP contribution in [0.25, 0.3) is 0 Å². The van der Waals surface area contributed by atoms with Crippen molar-refractivity contribution in [3.63, 3.8) is 0 Å². The lowest BCUT2D eigenvalue weighted by atomic mass is 9.98. The molecule has 0 radical (unpaired) electrons. The van der Waals surface area contributed by atoms with Crippen LogP contribution in [0.1, 0.15) is 31.9 Å². The van der Waals surface area contributed by atoms with Crippen molar-refractivity contribution >= 4 is 0 Å². The molecule has 0 saturated heterocycles. The number of nitrogens with zero attached hydrogens (tertiary/aromatic N) is 1. The van der Waals surface area contributed by atoms with E-state index >= 15 is 0 Å². The van der Waals surface area contributed by atoms with E-state index in [9.17, 15) is 5.11 Å². The number of methoxy groups -OCH3 is 1. The molecular weight excluding hydrogens is 228 g/mol. The molecule has 0 bridgehead atoms. The summed E-state index contributed by atoms with van der Waals surface area (Å²) < 4.78 is 5.09. The van der Waals surface area contributed by atoms with E-state index in [0.29, 0.717) is 17.9 Å². The minimum Gasteiger partial charge on any atom is -0.495 e. The van der Waals surface area contributed by atoms with Crippen LogP contribution in [0.15, 0.2) is 18.2 Å². The topological polar surface area (TPSA) is 65.3 Å². The molecule has 18 heavy (non-hydrogen) atoms. The second-order valence-electron chi connectivity index (χ2n) is 4.90. The Morgan fingerprint density at radius 1 is 1.50 bits per heavy atom. The van der Waals surface area contributed by atoms with Crippen molar-refractivity contribution in [2.75, 3.05) is 7.11 Å². The maximum absolute atomic E-state index is 9.61. The zero-order chi connectivity index (χ0) is 13.8. The Balaban J connectivity index is 2.78. The van der Waals surface area contributed by atoms with Gasteiger partial charge in [0.05, 0.1) is 18.8 Å². The average molecular weight is 248 g/mol. The summed E-state index contributed by atoms with van der Waals surface area (Å²) in [7, 11) is 1.55. The van der Waals surface area contributed by atoms with E-state index in [0.717, 1.165) is 5.56 Å². The maximum atomic E-state index is 9.61. The van der Waals surface area contributed by atoms with Crippen LogP contribution in [0.5, 0.6) is 5.75 Å². The third-order valence-corrected chi connectivity index (χ3v) is 3.18. The van der Waals surface area contributed by atoms with Gasteiger partial charge in [0.25, 0.3) is 0 Å². The van der Waals surface area contributed by atoms with Gasteiger partial charge in [-0.3, -0.25) is 0 Å². The number of hydrogen-bond acceptors (Lipinski definition) is 4. The lowest BCUT2D eigenvalue weighted by molar-refractivity contribution is 0.0956. The van der Waals surface area contributed by atoms with E-state index in [2.05, 4.69) is 11.4 Å². The van der Waals surface area contributed by atoms with Crippen molar-refractivity contribution in [3.05, 3.63) is 29.3 Å². The first-order valence-corrected chi connectivity index (χ1v) is 5.91. The van der Waals surface area contributed by atoms with Crippen molar-refractivity contribution in [3.8, 4) is 11.8 Å². The van der Waals surface area contributed by atoms with Gasteiger partial charge in [0.2, 0.25) is 0 Å². The van der Waals surface area contributed by atoms with Gasteiger partial charge in [-0.15, -0.1) is 0 Å². The number of hydrogen-bond donors (Lipinski definition) is 2. The molecule has 1 atom stereocenters. The van der Waals surface area contributed by atoms with Crippen LogP contribution in [0.3, 0.4) is 0 Å². The van der Waals surface area contributed by atoms with E-state index in [1.807, 2.05) is 19.9 Å². The lowest BCUT2D eigenvalue weighted by Crippen LogP contribution is -2.47. The van der Waals surface area contributed by atoms with E-state index in [1.165, 1.54) is 0 Å². The van der Waals surface area contributed by atoms with Gasteiger partial charge in [-0.2, -0.15) is 5.26 Å². The number of aliphatic hydroxyl groups excluding tert-OH is 1. The van der Waals surface area contributed by atoms with Crippen LogP contribution in [0.2, 0.25) is 0 Å². The molecule has 1 rings (SSSR count). The number of rotatable bonds is 5. The van der Waals surface area contributed by atoms with Gasteiger partial charge < -0.3 is 15.2 Å². The smallest absolute Gasteiger partial charge is 0.136 e. The molecular formula is C14H20N2O2. The molecule has 0 heterocycles. The van der Waals surface area contributed by atoms with Gasteiger partial charge in [-0.05, 0) is 38.5 Å². The SMILES string of the molecule is COc1ccc(CNC(C)(C)C(C)O)cc1C#N. The number of benzene rings is 1. The fourth-order valence-electron chi connectivity index (χ4n) is 1.43. The van der Waals surface area contributed by atoms with Crippen molar-refractivity contribution in [1.29, 1.82) is 5.26 Å². The van der Waals surface area contributed by atoms with Crippen molar-refractivity contribution in [2.24, 2.45) is 0 Å². The number of aliphatic hydroxyl groups is 1. The lowest BCUT2D eigenvalue weighted by Gasteiger charge is -2.29. The Kier molecular flexibility index (Phi) is 4.71. The zero-order valence-electron chi connectivity index (χ0n) is 11.3. The maximum Gasteiger partial charge on any atom is 0.136 e. The van der Waals surface area contributed by atoms with Gasteiger partial charge >= 0.3 is 0 Å². The molecule has 4 nitrogen and oxygen atoms in total. The molecule has 0 aliphatic rings. The predicted octanol–water partition coefficient (Wildman–Crippen LogP) is 1.82. The van der Waals surface area contributed by atoms with E-state index < -0.39 is 6.10 Å². The van der Waals surface area contributed by atoms with Gasteiger partial charge in [0.1, 0.15) is 11.8 Å². The van der Waals surface area contributed by atoms with Gasteiger partial charge in [0, 0.05) is 12.1 Å². The summed E-state index contributed by atoms with van der Waals surface area (Å²) in [6.07, 6.45) is -0.453. The second kappa shape index (κ2) is 5.85. The summed E-state index contributed by atoms with van der Waals surface area (Å²) in [5, 5.41) is 21.9. The molecule has 0 aliphatic carbocycles. The highest BCUT2D eigenvalue weighted by atomic mass is 16.5. The highest BCUT2D eigenvalue weighted by Gasteiger charge is 2.22. The first-order valence-electron chi connectivity index (χ1n) is 5.91. The quantitative estimate of drug-likeness (QED) is 0.834. The normalized spacial score (nSPS) is 12.9. The van der Waals surface area contributed by atoms with Crippen molar-refractivity contribution in [1.82, 2.24) is 5.32 Å². The number of ether oxygens (including phenoxy) is 1. The summed E-state index contributed by atoms with van der Waals surface area (Å²) in [5.74, 6) is 0.580. The van der Waals surface area contributed by atoms with Gasteiger partial charge in [0.15, 0.2) is 0 Å².